The molecule has 0 bridgehead atoms. The molecule has 0 aliphatic rings. The minimum atomic E-state index is -1.20. The van der Waals surface area contributed by atoms with Crippen LogP contribution in [-0.4, -0.2) is 17.9 Å². The van der Waals surface area contributed by atoms with Gasteiger partial charge < -0.3 is 9.84 Å². The normalized spacial score (nSPS) is 8.86. The van der Waals surface area contributed by atoms with Crippen molar-refractivity contribution in [2.75, 3.05) is 6.61 Å². The zero-order chi connectivity index (χ0) is 9.52. The van der Waals surface area contributed by atoms with Gasteiger partial charge in [0.15, 0.2) is 0 Å². The summed E-state index contributed by atoms with van der Waals surface area (Å²) in [5.74, 6) is 0. The quantitative estimate of drug-likeness (QED) is 0.622. The first-order valence-corrected chi connectivity index (χ1v) is 4.18. The third-order valence-electron chi connectivity index (χ3n) is 1.68. The molecule has 1 aromatic rings. The van der Waals surface area contributed by atoms with Gasteiger partial charge in [0.2, 0.25) is 0 Å². The van der Waals surface area contributed by atoms with Crippen LogP contribution in [0.1, 0.15) is 12.0 Å². The van der Waals surface area contributed by atoms with Crippen molar-refractivity contribution in [2.24, 2.45) is 0 Å². The van der Waals surface area contributed by atoms with Crippen molar-refractivity contribution in [1.29, 1.82) is 0 Å². The molecule has 0 amide bonds. The summed E-state index contributed by atoms with van der Waals surface area (Å²) in [5.41, 5.74) is 1.21. The van der Waals surface area contributed by atoms with Crippen LogP contribution in [0, 0.1) is 0 Å². The van der Waals surface area contributed by atoms with E-state index in [0.717, 1.165) is 12.8 Å². The number of aryl methyl sites for hydroxylation is 1. The van der Waals surface area contributed by atoms with Crippen molar-refractivity contribution in [3.05, 3.63) is 35.9 Å². The van der Waals surface area contributed by atoms with Gasteiger partial charge in [-0.1, -0.05) is 30.3 Å². The van der Waals surface area contributed by atoms with E-state index < -0.39 is 6.16 Å². The van der Waals surface area contributed by atoms with Gasteiger partial charge in [0.25, 0.3) is 0 Å². The molecule has 0 aromatic heterocycles. The predicted molar refractivity (Wildman–Crippen MR) is 56.0 cm³/mol. The molecule has 1 N–H and O–H groups in total. The van der Waals surface area contributed by atoms with Crippen molar-refractivity contribution in [1.82, 2.24) is 0 Å². The topological polar surface area (TPSA) is 46.5 Å². The highest BCUT2D eigenvalue weighted by molar-refractivity contribution is 5.85. The largest absolute Gasteiger partial charge is 0.505 e. The number of ether oxygens (including phenoxy) is 1. The molecule has 1 aromatic carbocycles. The van der Waals surface area contributed by atoms with E-state index in [0.29, 0.717) is 0 Å². The summed E-state index contributed by atoms with van der Waals surface area (Å²) in [4.78, 5) is 9.99. The summed E-state index contributed by atoms with van der Waals surface area (Å²) >= 11 is 0. The van der Waals surface area contributed by atoms with Gasteiger partial charge in [-0.3, -0.25) is 0 Å². The van der Waals surface area contributed by atoms with Crippen molar-refractivity contribution in [3.63, 3.8) is 0 Å². The monoisotopic (exact) mass is 216 g/mol. The molecule has 0 saturated heterocycles. The molecule has 0 aliphatic carbocycles. The lowest BCUT2D eigenvalue weighted by Crippen LogP contribution is -2.02. The predicted octanol–water partition coefficient (Wildman–Crippen LogP) is 2.74. The number of rotatable bonds is 4. The van der Waals surface area contributed by atoms with Crippen LogP contribution in [0.4, 0.5) is 4.79 Å². The lowest BCUT2D eigenvalue weighted by Gasteiger charge is -2.00. The molecule has 4 heteroatoms. The Morgan fingerprint density at radius 2 is 1.93 bits per heavy atom. The maximum atomic E-state index is 9.99. The third-order valence-corrected chi connectivity index (χ3v) is 1.68. The minimum absolute atomic E-state index is 0. The van der Waals surface area contributed by atoms with E-state index in [2.05, 4.69) is 4.74 Å². The van der Waals surface area contributed by atoms with Gasteiger partial charge in [0.05, 0.1) is 6.61 Å². The molecular formula is C10H13ClO3. The summed E-state index contributed by atoms with van der Waals surface area (Å²) in [5, 5.41) is 8.19. The van der Waals surface area contributed by atoms with Gasteiger partial charge in [-0.2, -0.15) is 0 Å². The highest BCUT2D eigenvalue weighted by Crippen LogP contribution is 2.02. The maximum Gasteiger partial charge on any atom is 0.505 e. The second-order valence-electron chi connectivity index (χ2n) is 2.70. The SMILES string of the molecule is Cl.O=C(O)OCCCc1ccccc1. The molecule has 78 valence electrons. The van der Waals surface area contributed by atoms with Crippen LogP contribution in [0.5, 0.6) is 0 Å². The van der Waals surface area contributed by atoms with Crippen molar-refractivity contribution in [2.45, 2.75) is 12.8 Å². The molecule has 0 saturated carbocycles. The van der Waals surface area contributed by atoms with E-state index in [1.165, 1.54) is 5.56 Å². The molecule has 0 aliphatic heterocycles. The van der Waals surface area contributed by atoms with Crippen LogP contribution in [-0.2, 0) is 11.2 Å². The molecular weight excluding hydrogens is 204 g/mol. The summed E-state index contributed by atoms with van der Waals surface area (Å²) in [6.45, 7) is 0.268. The fourth-order valence-corrected chi connectivity index (χ4v) is 1.08. The Morgan fingerprint density at radius 3 is 2.50 bits per heavy atom. The summed E-state index contributed by atoms with van der Waals surface area (Å²) < 4.78 is 4.38. The van der Waals surface area contributed by atoms with Gasteiger partial charge in [-0.05, 0) is 18.4 Å². The van der Waals surface area contributed by atoms with E-state index in [-0.39, 0.29) is 19.0 Å². The summed E-state index contributed by atoms with van der Waals surface area (Å²) in [6, 6.07) is 9.92. The maximum absolute atomic E-state index is 9.99. The standard InChI is InChI=1S/C10H12O3.ClH/c11-10(12)13-8-4-7-9-5-2-1-3-6-9;/h1-3,5-6H,4,7-8H2,(H,11,12);1H. The van der Waals surface area contributed by atoms with Crippen molar-refractivity contribution < 1.29 is 14.6 Å². The van der Waals surface area contributed by atoms with Crippen molar-refractivity contribution >= 4 is 18.6 Å². The lowest BCUT2D eigenvalue weighted by molar-refractivity contribution is 0.0907. The fraction of sp³-hybridized carbons (Fsp3) is 0.300. The highest BCUT2D eigenvalue weighted by Gasteiger charge is 1.96. The van der Waals surface area contributed by atoms with E-state index in [1.807, 2.05) is 30.3 Å². The Hall–Kier alpha value is -1.22. The number of hydrogen-bond acceptors (Lipinski definition) is 2. The van der Waals surface area contributed by atoms with E-state index in [4.69, 9.17) is 5.11 Å². The molecule has 0 heterocycles. The zero-order valence-electron chi connectivity index (χ0n) is 7.68. The van der Waals surface area contributed by atoms with Crippen molar-refractivity contribution in [3.8, 4) is 0 Å². The molecule has 0 atom stereocenters. The second-order valence-corrected chi connectivity index (χ2v) is 2.70. The van der Waals surface area contributed by atoms with E-state index >= 15 is 0 Å². The number of carbonyl (C=O) groups is 1. The molecule has 0 fully saturated rings. The Kier molecular flexibility index (Phi) is 6.58. The molecule has 0 spiro atoms. The average molecular weight is 217 g/mol. The average Bonchev–Trinajstić information content (AvgIpc) is 2.14. The number of halogens is 1. The Bertz CT molecular complexity index is 261. The Morgan fingerprint density at radius 1 is 1.29 bits per heavy atom. The fourth-order valence-electron chi connectivity index (χ4n) is 1.08. The van der Waals surface area contributed by atoms with Gasteiger partial charge in [-0.15, -0.1) is 12.4 Å². The van der Waals surface area contributed by atoms with Gasteiger partial charge in [0, 0.05) is 0 Å². The van der Waals surface area contributed by atoms with Crippen LogP contribution in [0.3, 0.4) is 0 Å². The molecule has 0 radical (unpaired) electrons. The zero-order valence-corrected chi connectivity index (χ0v) is 8.50. The first-order valence-electron chi connectivity index (χ1n) is 4.18. The van der Waals surface area contributed by atoms with E-state index in [9.17, 15) is 4.79 Å². The first-order chi connectivity index (χ1) is 6.29. The van der Waals surface area contributed by atoms with Crippen LogP contribution >= 0.6 is 12.4 Å². The van der Waals surface area contributed by atoms with Crippen LogP contribution in [0.25, 0.3) is 0 Å². The summed E-state index contributed by atoms with van der Waals surface area (Å²) in [7, 11) is 0. The molecule has 1 rings (SSSR count). The van der Waals surface area contributed by atoms with Crippen LogP contribution in [0.15, 0.2) is 30.3 Å². The third kappa shape index (κ3) is 5.43. The van der Waals surface area contributed by atoms with Gasteiger partial charge >= 0.3 is 6.16 Å². The summed E-state index contributed by atoms with van der Waals surface area (Å²) in [6.07, 6.45) is 0.387. The second kappa shape index (κ2) is 7.21. The smallest absolute Gasteiger partial charge is 0.450 e. The van der Waals surface area contributed by atoms with Crippen LogP contribution in [0.2, 0.25) is 0 Å². The lowest BCUT2D eigenvalue weighted by atomic mass is 10.1. The first kappa shape index (κ1) is 12.8. The number of carboxylic acid groups (broad SMARTS) is 1. The molecule has 3 nitrogen and oxygen atoms in total. The van der Waals surface area contributed by atoms with Crippen LogP contribution < -0.4 is 0 Å². The molecule has 14 heavy (non-hydrogen) atoms. The minimum Gasteiger partial charge on any atom is -0.450 e. The van der Waals surface area contributed by atoms with E-state index in [1.54, 1.807) is 0 Å². The van der Waals surface area contributed by atoms with Gasteiger partial charge in [0.1, 0.15) is 0 Å². The molecule has 0 unspecified atom stereocenters. The number of benzene rings is 1. The Labute approximate surface area is 89.1 Å². The Balaban J connectivity index is 0.00000169. The number of hydrogen-bond donors (Lipinski definition) is 1. The van der Waals surface area contributed by atoms with Gasteiger partial charge in [-0.25, -0.2) is 4.79 Å². The highest BCUT2D eigenvalue weighted by atomic mass is 35.5.